The predicted molar refractivity (Wildman–Crippen MR) is 159 cm³/mol. The molecule has 1 aliphatic rings. The maximum atomic E-state index is 13.6. The molecule has 0 atom stereocenters. The summed E-state index contributed by atoms with van der Waals surface area (Å²) in [4.78, 5) is 24.9. The van der Waals surface area contributed by atoms with Crippen LogP contribution in [0.3, 0.4) is 0 Å². The molecule has 0 saturated carbocycles. The highest BCUT2D eigenvalue weighted by molar-refractivity contribution is 5.95. The van der Waals surface area contributed by atoms with Gasteiger partial charge in [-0.1, -0.05) is 39.0 Å². The van der Waals surface area contributed by atoms with Crippen LogP contribution in [-0.2, 0) is 11.2 Å². The summed E-state index contributed by atoms with van der Waals surface area (Å²) in [7, 11) is 0. The van der Waals surface area contributed by atoms with Crippen LogP contribution in [0, 0.1) is 11.2 Å². The van der Waals surface area contributed by atoms with Gasteiger partial charge in [0.05, 0.1) is 23.3 Å². The normalized spacial score (nSPS) is 13.4. The van der Waals surface area contributed by atoms with Crippen LogP contribution in [0.1, 0.15) is 44.0 Å². The molecular formula is C32H30FN7O. The SMILES string of the molecule is CC(C)(C)CC(=O)Nc1cncc(-c2cnc3n[nH]c(-c4cc5c([nH]4)CC(N)=CC=C5c4ccc(F)cc4)c3c2)c1. The van der Waals surface area contributed by atoms with Crippen LogP contribution in [0.2, 0.25) is 0 Å². The summed E-state index contributed by atoms with van der Waals surface area (Å²) in [6, 6.07) is 12.4. The van der Waals surface area contributed by atoms with Crippen LogP contribution in [0.4, 0.5) is 10.1 Å². The summed E-state index contributed by atoms with van der Waals surface area (Å²) in [5, 5.41) is 11.3. The van der Waals surface area contributed by atoms with Crippen LogP contribution in [0.25, 0.3) is 39.1 Å². The summed E-state index contributed by atoms with van der Waals surface area (Å²) in [5.74, 6) is -0.341. The molecule has 0 bridgehead atoms. The number of hydrogen-bond donors (Lipinski definition) is 4. The van der Waals surface area contributed by atoms with Crippen LogP contribution >= 0.6 is 0 Å². The Morgan fingerprint density at radius 1 is 1.02 bits per heavy atom. The number of aromatic amines is 2. The highest BCUT2D eigenvalue weighted by atomic mass is 19.1. The van der Waals surface area contributed by atoms with Crippen molar-refractivity contribution in [2.45, 2.75) is 33.6 Å². The van der Waals surface area contributed by atoms with Crippen LogP contribution < -0.4 is 11.1 Å². The number of allylic oxidation sites excluding steroid dienone is 3. The Hall–Kier alpha value is -5.05. The van der Waals surface area contributed by atoms with Crippen LogP contribution in [-0.4, -0.2) is 31.1 Å². The second kappa shape index (κ2) is 10.2. The fraction of sp³-hybridized carbons (Fsp3) is 0.188. The van der Waals surface area contributed by atoms with Gasteiger partial charge in [-0.25, -0.2) is 9.37 Å². The lowest BCUT2D eigenvalue weighted by Gasteiger charge is -2.17. The molecule has 4 aromatic heterocycles. The lowest BCUT2D eigenvalue weighted by atomic mass is 9.92. The maximum Gasteiger partial charge on any atom is 0.224 e. The molecule has 5 aromatic rings. The third-order valence-electron chi connectivity index (χ3n) is 6.91. The Morgan fingerprint density at radius 2 is 1.80 bits per heavy atom. The number of hydrogen-bond acceptors (Lipinski definition) is 5. The molecule has 1 aliphatic carbocycles. The molecule has 0 radical (unpaired) electrons. The highest BCUT2D eigenvalue weighted by Gasteiger charge is 2.20. The van der Waals surface area contributed by atoms with E-state index in [0.29, 0.717) is 24.2 Å². The third-order valence-corrected chi connectivity index (χ3v) is 6.91. The number of carbonyl (C=O) groups excluding carboxylic acids is 1. The van der Waals surface area contributed by atoms with Gasteiger partial charge in [0.15, 0.2) is 5.65 Å². The molecule has 1 aromatic carbocycles. The molecule has 0 fully saturated rings. The summed E-state index contributed by atoms with van der Waals surface area (Å²) in [6.07, 6.45) is 9.94. The zero-order valence-corrected chi connectivity index (χ0v) is 23.0. The summed E-state index contributed by atoms with van der Waals surface area (Å²) in [5.41, 5.74) is 15.1. The highest BCUT2D eigenvalue weighted by Crippen LogP contribution is 2.36. The van der Waals surface area contributed by atoms with Gasteiger partial charge in [-0.2, -0.15) is 5.10 Å². The summed E-state index contributed by atoms with van der Waals surface area (Å²) in [6.45, 7) is 6.08. The van der Waals surface area contributed by atoms with Crippen molar-refractivity contribution in [3.63, 3.8) is 0 Å². The van der Waals surface area contributed by atoms with Gasteiger partial charge < -0.3 is 16.0 Å². The summed E-state index contributed by atoms with van der Waals surface area (Å²) < 4.78 is 13.6. The van der Waals surface area contributed by atoms with Crippen molar-refractivity contribution < 1.29 is 9.18 Å². The number of halogens is 1. The fourth-order valence-corrected chi connectivity index (χ4v) is 5.05. The van der Waals surface area contributed by atoms with Crippen molar-refractivity contribution in [1.29, 1.82) is 0 Å². The zero-order valence-electron chi connectivity index (χ0n) is 23.0. The number of fused-ring (bicyclic) bond motifs is 2. The second-order valence-electron chi connectivity index (χ2n) is 11.5. The first-order valence-electron chi connectivity index (χ1n) is 13.4. The van der Waals surface area contributed by atoms with Crippen molar-refractivity contribution in [3.05, 3.63) is 102 Å². The monoisotopic (exact) mass is 547 g/mol. The smallest absolute Gasteiger partial charge is 0.224 e. The number of amides is 1. The predicted octanol–water partition coefficient (Wildman–Crippen LogP) is 6.36. The Balaban J connectivity index is 1.36. The van der Waals surface area contributed by atoms with Gasteiger partial charge in [0.1, 0.15) is 5.82 Å². The number of aromatic nitrogens is 5. The number of nitrogens with one attached hydrogen (secondary N) is 3. The standard InChI is InChI=1S/C32H30FN7O/c1-32(2,3)14-29(41)37-23-10-19(15-35-17-23)20-11-26-30(39-40-31(26)36-16-20)28-13-25-24(18-4-6-21(33)7-5-18)9-8-22(34)12-27(25)38-28/h4-11,13,15-17,38H,12,14,34H2,1-3H3,(H,37,41)(H,36,39,40). The number of pyridine rings is 2. The van der Waals surface area contributed by atoms with E-state index in [2.05, 4.69) is 36.5 Å². The lowest BCUT2D eigenvalue weighted by molar-refractivity contribution is -0.117. The van der Waals surface area contributed by atoms with Crippen molar-refractivity contribution >= 4 is 28.2 Å². The van der Waals surface area contributed by atoms with Crippen molar-refractivity contribution in [2.24, 2.45) is 11.1 Å². The van der Waals surface area contributed by atoms with E-state index in [1.54, 1.807) is 30.7 Å². The molecule has 8 nitrogen and oxygen atoms in total. The van der Waals surface area contributed by atoms with Gasteiger partial charge in [-0.05, 0) is 53.0 Å². The molecular weight excluding hydrogens is 517 g/mol. The van der Waals surface area contributed by atoms with E-state index >= 15 is 0 Å². The Bertz CT molecular complexity index is 1840. The average Bonchev–Trinajstić information content (AvgIpc) is 3.49. The van der Waals surface area contributed by atoms with Gasteiger partial charge in [-0.3, -0.25) is 14.9 Å². The van der Waals surface area contributed by atoms with E-state index in [0.717, 1.165) is 56.0 Å². The minimum atomic E-state index is -0.284. The second-order valence-corrected chi connectivity index (χ2v) is 11.5. The van der Waals surface area contributed by atoms with Crippen LogP contribution in [0.5, 0.6) is 0 Å². The van der Waals surface area contributed by atoms with Crippen molar-refractivity contribution in [1.82, 2.24) is 25.1 Å². The topological polar surface area (TPSA) is 125 Å². The molecule has 0 saturated heterocycles. The number of anilines is 1. The molecule has 0 spiro atoms. The van der Waals surface area contributed by atoms with E-state index in [9.17, 15) is 9.18 Å². The Morgan fingerprint density at radius 3 is 2.59 bits per heavy atom. The maximum absolute atomic E-state index is 13.6. The number of benzene rings is 1. The molecule has 206 valence electrons. The van der Waals surface area contributed by atoms with E-state index in [-0.39, 0.29) is 17.1 Å². The zero-order chi connectivity index (χ0) is 28.7. The molecule has 4 heterocycles. The van der Waals surface area contributed by atoms with E-state index in [1.807, 2.05) is 45.1 Å². The first-order valence-corrected chi connectivity index (χ1v) is 13.4. The molecule has 9 heteroatoms. The quantitative estimate of drug-likeness (QED) is 0.204. The molecule has 0 aliphatic heterocycles. The van der Waals surface area contributed by atoms with Gasteiger partial charge in [0.25, 0.3) is 0 Å². The van der Waals surface area contributed by atoms with Crippen LogP contribution in [0.15, 0.2) is 78.9 Å². The van der Waals surface area contributed by atoms with Gasteiger partial charge >= 0.3 is 0 Å². The molecule has 0 unspecified atom stereocenters. The molecule has 6 rings (SSSR count). The molecule has 5 N–H and O–H groups in total. The summed E-state index contributed by atoms with van der Waals surface area (Å²) >= 11 is 0. The number of carbonyl (C=O) groups is 1. The third kappa shape index (κ3) is 5.51. The first kappa shape index (κ1) is 26.2. The first-order chi connectivity index (χ1) is 19.6. The fourth-order valence-electron chi connectivity index (χ4n) is 5.05. The largest absolute Gasteiger partial charge is 0.402 e. The minimum absolute atomic E-state index is 0.0572. The average molecular weight is 548 g/mol. The Kier molecular flexibility index (Phi) is 6.49. The van der Waals surface area contributed by atoms with Crippen molar-refractivity contribution in [3.8, 4) is 22.5 Å². The van der Waals surface area contributed by atoms with Gasteiger partial charge in [-0.15, -0.1) is 0 Å². The molecule has 1 amide bonds. The number of nitrogens with two attached hydrogens (primary N) is 1. The van der Waals surface area contributed by atoms with Gasteiger partial charge in [0, 0.05) is 58.7 Å². The number of H-pyrrole nitrogens is 2. The number of nitrogens with zero attached hydrogens (tertiary/aromatic N) is 3. The van der Waals surface area contributed by atoms with Gasteiger partial charge in [0.2, 0.25) is 5.91 Å². The van der Waals surface area contributed by atoms with E-state index in [1.165, 1.54) is 12.1 Å². The lowest BCUT2D eigenvalue weighted by Crippen LogP contribution is -2.19. The minimum Gasteiger partial charge on any atom is -0.402 e. The van der Waals surface area contributed by atoms with Crippen molar-refractivity contribution in [2.75, 3.05) is 5.32 Å². The molecule has 41 heavy (non-hydrogen) atoms. The van der Waals surface area contributed by atoms with E-state index < -0.39 is 0 Å². The van der Waals surface area contributed by atoms with E-state index in [4.69, 9.17) is 5.73 Å². The number of rotatable bonds is 5. The Labute approximate surface area is 236 Å².